The van der Waals surface area contributed by atoms with Crippen molar-refractivity contribution in [3.8, 4) is 0 Å². The van der Waals surface area contributed by atoms with E-state index < -0.39 is 0 Å². The average Bonchev–Trinajstić information content (AvgIpc) is 3.08. The van der Waals surface area contributed by atoms with Crippen LogP contribution in [-0.4, -0.2) is 26.8 Å². The largest absolute Gasteiger partial charge is 0.343 e. The van der Waals surface area contributed by atoms with Gasteiger partial charge in [0.05, 0.1) is 0 Å². The molecule has 96 valence electrons. The molecular weight excluding hydrogens is 274 g/mol. The van der Waals surface area contributed by atoms with Crippen molar-refractivity contribution < 1.29 is 0 Å². The summed E-state index contributed by atoms with van der Waals surface area (Å²) >= 11 is 3.46. The Morgan fingerprint density at radius 3 is 3.00 bits per heavy atom. The molecule has 1 aromatic heterocycles. The van der Waals surface area contributed by atoms with Gasteiger partial charge in [-0.05, 0) is 17.5 Å². The van der Waals surface area contributed by atoms with Gasteiger partial charge in [0.2, 0.25) is 5.13 Å². The van der Waals surface area contributed by atoms with Crippen molar-refractivity contribution in [2.24, 2.45) is 4.99 Å². The van der Waals surface area contributed by atoms with Gasteiger partial charge in [0.25, 0.3) is 0 Å². The Balaban J connectivity index is 1.66. The summed E-state index contributed by atoms with van der Waals surface area (Å²) in [5.41, 5.74) is 2.94. The van der Waals surface area contributed by atoms with Crippen LogP contribution in [0.25, 0.3) is 0 Å². The zero-order valence-corrected chi connectivity index (χ0v) is 12.0. The molecule has 0 radical (unpaired) electrons. The second-order valence-electron chi connectivity index (χ2n) is 4.77. The van der Waals surface area contributed by atoms with Gasteiger partial charge in [-0.2, -0.15) is 4.99 Å². The molecule has 0 bridgehead atoms. The van der Waals surface area contributed by atoms with Gasteiger partial charge in [-0.1, -0.05) is 36.0 Å². The summed E-state index contributed by atoms with van der Waals surface area (Å²) in [6, 6.07) is 9.35. The molecule has 3 heterocycles. The van der Waals surface area contributed by atoms with Crippen LogP contribution in [0.3, 0.4) is 0 Å². The lowest BCUT2D eigenvalue weighted by molar-refractivity contribution is 0.320. The number of aliphatic imine (C=N–C) groups is 1. The molecule has 19 heavy (non-hydrogen) atoms. The lowest BCUT2D eigenvalue weighted by atomic mass is 9.95. The van der Waals surface area contributed by atoms with Crippen LogP contribution in [0.5, 0.6) is 0 Å². The highest BCUT2D eigenvalue weighted by atomic mass is 32.2. The third-order valence-corrected chi connectivity index (χ3v) is 5.42. The van der Waals surface area contributed by atoms with Gasteiger partial charge in [-0.3, -0.25) is 0 Å². The van der Waals surface area contributed by atoms with Crippen LogP contribution in [0.1, 0.15) is 11.1 Å². The van der Waals surface area contributed by atoms with E-state index in [4.69, 9.17) is 0 Å². The molecule has 2 aliphatic rings. The third kappa shape index (κ3) is 2.07. The minimum Gasteiger partial charge on any atom is -0.343 e. The smallest absolute Gasteiger partial charge is 0.211 e. The summed E-state index contributed by atoms with van der Waals surface area (Å²) < 4.78 is 0. The number of aromatic nitrogens is 1. The highest BCUT2D eigenvalue weighted by Gasteiger charge is 2.34. The zero-order chi connectivity index (χ0) is 12.7. The molecule has 4 rings (SSSR count). The van der Waals surface area contributed by atoms with Crippen molar-refractivity contribution in [3.63, 3.8) is 0 Å². The molecule has 0 amide bonds. The average molecular weight is 287 g/mol. The molecule has 1 saturated heterocycles. The van der Waals surface area contributed by atoms with Crippen molar-refractivity contribution in [3.05, 3.63) is 47.0 Å². The number of hydrogen-bond donors (Lipinski definition) is 0. The van der Waals surface area contributed by atoms with Crippen LogP contribution in [-0.2, 0) is 13.0 Å². The molecule has 5 heteroatoms. The Morgan fingerprint density at radius 1 is 1.26 bits per heavy atom. The van der Waals surface area contributed by atoms with Crippen LogP contribution in [0, 0.1) is 0 Å². The SMILES string of the molecule is c1ccc2c(c1)C[C@H]1CSC(=Nc3nccs3)N1C2. The maximum absolute atomic E-state index is 4.69. The Kier molecular flexibility index (Phi) is 2.81. The van der Waals surface area contributed by atoms with E-state index in [1.54, 1.807) is 11.3 Å². The second-order valence-corrected chi connectivity index (χ2v) is 6.63. The monoisotopic (exact) mass is 287 g/mol. The first-order valence-corrected chi connectivity index (χ1v) is 8.21. The van der Waals surface area contributed by atoms with Crippen molar-refractivity contribution in [2.45, 2.75) is 19.0 Å². The van der Waals surface area contributed by atoms with Gasteiger partial charge in [0.15, 0.2) is 5.17 Å². The highest BCUT2D eigenvalue weighted by Crippen LogP contribution is 2.34. The van der Waals surface area contributed by atoms with E-state index >= 15 is 0 Å². The number of nitrogens with zero attached hydrogens (tertiary/aromatic N) is 3. The maximum atomic E-state index is 4.69. The van der Waals surface area contributed by atoms with Gasteiger partial charge in [-0.15, -0.1) is 11.3 Å². The minimum atomic E-state index is 0.596. The fraction of sp³-hybridized carbons (Fsp3) is 0.286. The number of amidine groups is 1. The number of thiazole rings is 1. The van der Waals surface area contributed by atoms with E-state index in [0.29, 0.717) is 6.04 Å². The Bertz CT molecular complexity index is 621. The number of hydrogen-bond acceptors (Lipinski definition) is 4. The molecule has 2 aromatic rings. The van der Waals surface area contributed by atoms with E-state index in [0.717, 1.165) is 29.0 Å². The van der Waals surface area contributed by atoms with Crippen LogP contribution >= 0.6 is 23.1 Å². The molecule has 0 saturated carbocycles. The van der Waals surface area contributed by atoms with Crippen LogP contribution in [0.4, 0.5) is 5.13 Å². The van der Waals surface area contributed by atoms with E-state index in [9.17, 15) is 0 Å². The Hall–Kier alpha value is -1.33. The number of fused-ring (bicyclic) bond motifs is 2. The van der Waals surface area contributed by atoms with E-state index in [1.165, 1.54) is 11.1 Å². The summed E-state index contributed by atoms with van der Waals surface area (Å²) in [5.74, 6) is 1.14. The van der Waals surface area contributed by atoms with E-state index in [-0.39, 0.29) is 0 Å². The van der Waals surface area contributed by atoms with Gasteiger partial charge in [-0.25, -0.2) is 4.98 Å². The van der Waals surface area contributed by atoms with Crippen molar-refractivity contribution in [2.75, 3.05) is 5.75 Å². The topological polar surface area (TPSA) is 28.5 Å². The van der Waals surface area contributed by atoms with Gasteiger partial charge in [0, 0.05) is 29.9 Å². The summed E-state index contributed by atoms with van der Waals surface area (Å²) in [6.07, 6.45) is 2.95. The predicted molar refractivity (Wildman–Crippen MR) is 81.1 cm³/mol. The molecule has 3 nitrogen and oxygen atoms in total. The Labute approximate surface area is 120 Å². The van der Waals surface area contributed by atoms with E-state index in [1.807, 2.05) is 23.3 Å². The lowest BCUT2D eigenvalue weighted by Gasteiger charge is -2.32. The quantitative estimate of drug-likeness (QED) is 0.805. The minimum absolute atomic E-state index is 0.596. The molecule has 0 unspecified atom stereocenters. The predicted octanol–water partition coefficient (Wildman–Crippen LogP) is 3.30. The summed E-state index contributed by atoms with van der Waals surface area (Å²) in [7, 11) is 0. The summed E-state index contributed by atoms with van der Waals surface area (Å²) in [4.78, 5) is 11.4. The molecule has 0 spiro atoms. The summed E-state index contributed by atoms with van der Waals surface area (Å²) in [6.45, 7) is 0.984. The molecule has 2 aliphatic heterocycles. The van der Waals surface area contributed by atoms with Crippen molar-refractivity contribution in [1.29, 1.82) is 0 Å². The third-order valence-electron chi connectivity index (χ3n) is 3.62. The number of thioether (sulfide) groups is 1. The fourth-order valence-electron chi connectivity index (χ4n) is 2.66. The molecule has 0 N–H and O–H groups in total. The highest BCUT2D eigenvalue weighted by molar-refractivity contribution is 8.14. The first kappa shape index (κ1) is 11.5. The van der Waals surface area contributed by atoms with Gasteiger partial charge >= 0.3 is 0 Å². The van der Waals surface area contributed by atoms with Gasteiger partial charge < -0.3 is 4.90 Å². The van der Waals surface area contributed by atoms with Gasteiger partial charge in [0.1, 0.15) is 0 Å². The lowest BCUT2D eigenvalue weighted by Crippen LogP contribution is -2.38. The number of benzene rings is 1. The van der Waals surface area contributed by atoms with Crippen LogP contribution in [0.2, 0.25) is 0 Å². The molecule has 1 atom stereocenters. The normalized spacial score (nSPS) is 23.5. The number of rotatable bonds is 1. The second kappa shape index (κ2) is 4.65. The molecule has 1 fully saturated rings. The van der Waals surface area contributed by atoms with Crippen LogP contribution < -0.4 is 0 Å². The first-order valence-electron chi connectivity index (χ1n) is 6.34. The molecule has 0 aliphatic carbocycles. The fourth-order valence-corrected chi connectivity index (χ4v) is 4.40. The molecular formula is C14H13N3S2. The van der Waals surface area contributed by atoms with Crippen LogP contribution in [0.15, 0.2) is 40.8 Å². The van der Waals surface area contributed by atoms with Crippen molar-refractivity contribution in [1.82, 2.24) is 9.88 Å². The van der Waals surface area contributed by atoms with Crippen molar-refractivity contribution >= 4 is 33.4 Å². The Morgan fingerprint density at radius 2 is 2.16 bits per heavy atom. The zero-order valence-electron chi connectivity index (χ0n) is 10.3. The first-order chi connectivity index (χ1) is 9.40. The standard InChI is InChI=1S/C14H13N3S2/c1-2-4-11-8-17-12(7-10(11)3-1)9-19-14(17)16-13-15-5-6-18-13/h1-6,12H,7-9H2/t12-/m0/s1. The molecule has 1 aromatic carbocycles. The summed E-state index contributed by atoms with van der Waals surface area (Å²) in [5, 5.41) is 3.97. The van der Waals surface area contributed by atoms with E-state index in [2.05, 4.69) is 39.1 Å². The maximum Gasteiger partial charge on any atom is 0.211 e.